The van der Waals surface area contributed by atoms with Crippen molar-refractivity contribution in [2.75, 3.05) is 0 Å². The number of fused-ring (bicyclic) bond motifs is 9. The van der Waals surface area contributed by atoms with E-state index in [0.29, 0.717) is 17.5 Å². The predicted molar refractivity (Wildman–Crippen MR) is 209 cm³/mol. The van der Waals surface area contributed by atoms with Crippen molar-refractivity contribution < 1.29 is 8.83 Å². The fourth-order valence-corrected chi connectivity index (χ4v) is 8.30. The lowest BCUT2D eigenvalue weighted by molar-refractivity contribution is 0.668. The molecule has 0 spiro atoms. The molecule has 0 amide bonds. The summed E-state index contributed by atoms with van der Waals surface area (Å²) in [6, 6.07) is 52.3. The van der Waals surface area contributed by atoms with Gasteiger partial charge in [-0.1, -0.05) is 84.9 Å². The molecule has 0 aliphatic rings. The monoisotopic (exact) mass is 671 g/mol. The second-order valence-corrected chi connectivity index (χ2v) is 13.9. The summed E-state index contributed by atoms with van der Waals surface area (Å²) in [5.74, 6) is 1.78. The van der Waals surface area contributed by atoms with Crippen LogP contribution >= 0.6 is 11.3 Å². The van der Waals surface area contributed by atoms with E-state index in [1.165, 1.54) is 25.7 Å². The summed E-state index contributed by atoms with van der Waals surface area (Å²) < 4.78 is 15.2. The van der Waals surface area contributed by atoms with E-state index in [4.69, 9.17) is 23.8 Å². The van der Waals surface area contributed by atoms with Gasteiger partial charge in [-0.25, -0.2) is 15.0 Å². The van der Waals surface area contributed by atoms with Crippen molar-refractivity contribution in [3.05, 3.63) is 152 Å². The molecule has 0 fully saturated rings. The molecule has 0 saturated carbocycles. The van der Waals surface area contributed by atoms with Crippen LogP contribution < -0.4 is 0 Å². The zero-order chi connectivity index (χ0) is 33.5. The van der Waals surface area contributed by atoms with Gasteiger partial charge in [0.15, 0.2) is 17.5 Å². The van der Waals surface area contributed by atoms with E-state index >= 15 is 0 Å². The summed E-state index contributed by atoms with van der Waals surface area (Å²) in [6.07, 6.45) is 0. The maximum Gasteiger partial charge on any atom is 0.164 e. The molecule has 0 bridgehead atoms. The van der Waals surface area contributed by atoms with Crippen molar-refractivity contribution in [1.29, 1.82) is 0 Å². The first-order valence-electron chi connectivity index (χ1n) is 16.8. The molecule has 0 saturated heterocycles. The lowest BCUT2D eigenvalue weighted by Crippen LogP contribution is -2.00. The fourth-order valence-electron chi connectivity index (χ4n) is 7.22. The molecule has 5 nitrogen and oxygen atoms in total. The number of nitrogens with zero attached hydrogens (tertiary/aromatic N) is 3. The third kappa shape index (κ3) is 4.58. The molecule has 238 valence electrons. The highest BCUT2D eigenvalue weighted by Crippen LogP contribution is 2.39. The van der Waals surface area contributed by atoms with Crippen molar-refractivity contribution >= 4 is 75.4 Å². The molecule has 0 unspecified atom stereocenters. The van der Waals surface area contributed by atoms with Gasteiger partial charge in [-0.3, -0.25) is 0 Å². The Morgan fingerprint density at radius 1 is 0.314 bits per heavy atom. The summed E-state index contributed by atoms with van der Waals surface area (Å²) in [5, 5.41) is 6.80. The molecule has 0 aliphatic heterocycles. The first-order valence-corrected chi connectivity index (χ1v) is 17.7. The highest BCUT2D eigenvalue weighted by Gasteiger charge is 2.17. The van der Waals surface area contributed by atoms with Gasteiger partial charge < -0.3 is 8.83 Å². The van der Waals surface area contributed by atoms with Crippen LogP contribution in [0.4, 0.5) is 0 Å². The Balaban J connectivity index is 1.03. The number of thiophene rings is 1. The molecule has 6 heteroatoms. The maximum absolute atomic E-state index is 6.45. The van der Waals surface area contributed by atoms with E-state index in [9.17, 15) is 0 Å². The maximum atomic E-state index is 6.45. The van der Waals surface area contributed by atoms with Gasteiger partial charge in [0.05, 0.1) is 0 Å². The summed E-state index contributed by atoms with van der Waals surface area (Å²) in [6.45, 7) is 0. The van der Waals surface area contributed by atoms with Gasteiger partial charge in [0, 0.05) is 58.4 Å². The van der Waals surface area contributed by atoms with Crippen molar-refractivity contribution in [3.63, 3.8) is 0 Å². The Morgan fingerprint density at radius 2 is 0.824 bits per heavy atom. The lowest BCUT2D eigenvalue weighted by atomic mass is 10.0. The SMILES string of the molecule is c1ccc(-c2nc(-c3ccc4c(c3)oc3ccc(-c5ccc6sc7ccccc7c6c5)cc34)nc(-c3ccc4oc5ccccc5c4c3)n2)cc1. The summed E-state index contributed by atoms with van der Waals surface area (Å²) >= 11 is 1.84. The average Bonchev–Trinajstić information content (AvgIpc) is 3.88. The van der Waals surface area contributed by atoms with Crippen molar-refractivity contribution in [3.8, 4) is 45.3 Å². The molecule has 0 aliphatic carbocycles. The Morgan fingerprint density at radius 3 is 1.63 bits per heavy atom. The highest BCUT2D eigenvalue weighted by molar-refractivity contribution is 7.25. The molecule has 4 heterocycles. The smallest absolute Gasteiger partial charge is 0.164 e. The van der Waals surface area contributed by atoms with Crippen LogP contribution in [-0.2, 0) is 0 Å². The van der Waals surface area contributed by atoms with E-state index in [0.717, 1.165) is 66.1 Å². The number of rotatable bonds is 4. The van der Waals surface area contributed by atoms with Crippen LogP contribution in [0.25, 0.3) is 109 Å². The van der Waals surface area contributed by atoms with E-state index in [1.807, 2.05) is 78.1 Å². The van der Waals surface area contributed by atoms with Gasteiger partial charge in [-0.2, -0.15) is 0 Å². The number of aromatic nitrogens is 3. The number of hydrogen-bond acceptors (Lipinski definition) is 6. The van der Waals surface area contributed by atoms with Crippen molar-refractivity contribution in [2.24, 2.45) is 0 Å². The van der Waals surface area contributed by atoms with E-state index in [2.05, 4.69) is 84.9 Å². The Kier molecular flexibility index (Phi) is 6.05. The zero-order valence-corrected chi connectivity index (χ0v) is 27.8. The third-order valence-electron chi connectivity index (χ3n) is 9.74. The Hall–Kier alpha value is -6.63. The number of hydrogen-bond donors (Lipinski definition) is 0. The fraction of sp³-hybridized carbons (Fsp3) is 0. The third-order valence-corrected chi connectivity index (χ3v) is 10.9. The summed E-state index contributed by atoms with van der Waals surface area (Å²) in [7, 11) is 0. The van der Waals surface area contributed by atoms with E-state index in [-0.39, 0.29) is 0 Å². The molecule has 11 aromatic rings. The normalized spacial score (nSPS) is 11.9. The van der Waals surface area contributed by atoms with Crippen LogP contribution in [0.3, 0.4) is 0 Å². The zero-order valence-electron chi connectivity index (χ0n) is 27.0. The lowest BCUT2D eigenvalue weighted by Gasteiger charge is -2.08. The molecular formula is C45H25N3O2S. The standard InChI is InChI=1S/C45H25N3O2S/c1-2-8-26(9-3-1)43-46-44(29-16-20-38-35(24-29)31-10-4-6-12-37(31)49-38)48-45(47-43)30-14-18-32-34-22-27(15-19-39(34)50-40(32)25-30)28-17-21-42-36(23-28)33-11-5-7-13-41(33)51-42/h1-25H. The molecule has 0 radical (unpaired) electrons. The predicted octanol–water partition coefficient (Wildman–Crippen LogP) is 12.7. The van der Waals surface area contributed by atoms with Gasteiger partial charge in [0.25, 0.3) is 0 Å². The molecule has 0 atom stereocenters. The van der Waals surface area contributed by atoms with Crippen molar-refractivity contribution in [2.45, 2.75) is 0 Å². The topological polar surface area (TPSA) is 65.0 Å². The first-order chi connectivity index (χ1) is 25.2. The quantitative estimate of drug-likeness (QED) is 0.186. The second-order valence-electron chi connectivity index (χ2n) is 12.8. The molecule has 7 aromatic carbocycles. The molecule has 11 rings (SSSR count). The largest absolute Gasteiger partial charge is 0.456 e. The number of para-hydroxylation sites is 1. The van der Waals surface area contributed by atoms with Gasteiger partial charge >= 0.3 is 0 Å². The van der Waals surface area contributed by atoms with Crippen LogP contribution in [-0.4, -0.2) is 15.0 Å². The molecule has 51 heavy (non-hydrogen) atoms. The van der Waals surface area contributed by atoms with Gasteiger partial charge in [0.1, 0.15) is 22.3 Å². The minimum Gasteiger partial charge on any atom is -0.456 e. The molecular weight excluding hydrogens is 647 g/mol. The van der Waals surface area contributed by atoms with Gasteiger partial charge in [-0.05, 0) is 77.9 Å². The van der Waals surface area contributed by atoms with Gasteiger partial charge in [0.2, 0.25) is 0 Å². The van der Waals surface area contributed by atoms with E-state index in [1.54, 1.807) is 0 Å². The van der Waals surface area contributed by atoms with Crippen LogP contribution in [0, 0.1) is 0 Å². The van der Waals surface area contributed by atoms with Crippen LogP contribution in [0.15, 0.2) is 160 Å². The van der Waals surface area contributed by atoms with Crippen LogP contribution in [0.2, 0.25) is 0 Å². The van der Waals surface area contributed by atoms with E-state index < -0.39 is 0 Å². The first kappa shape index (κ1) is 28.2. The Labute approximate surface area is 295 Å². The van der Waals surface area contributed by atoms with Crippen LogP contribution in [0.5, 0.6) is 0 Å². The summed E-state index contributed by atoms with van der Waals surface area (Å²) in [5.41, 5.74) is 8.32. The highest BCUT2D eigenvalue weighted by atomic mass is 32.1. The second kappa shape index (κ2) is 10.9. The number of furan rings is 2. The molecule has 0 N–H and O–H groups in total. The minimum absolute atomic E-state index is 0.579. The van der Waals surface area contributed by atoms with Crippen LogP contribution in [0.1, 0.15) is 0 Å². The Bertz CT molecular complexity index is 3160. The average molecular weight is 672 g/mol. The van der Waals surface area contributed by atoms with Gasteiger partial charge in [-0.15, -0.1) is 11.3 Å². The minimum atomic E-state index is 0.579. The number of benzene rings is 7. The van der Waals surface area contributed by atoms with Crippen molar-refractivity contribution in [1.82, 2.24) is 15.0 Å². The summed E-state index contributed by atoms with van der Waals surface area (Å²) in [4.78, 5) is 15.0. The molecule has 4 aromatic heterocycles.